The number of pyridine rings is 1. The number of benzene rings is 3. The molecule has 0 spiro atoms. The minimum atomic E-state index is -0.178. The van der Waals surface area contributed by atoms with E-state index < -0.39 is 0 Å². The number of amides is 1. The molecule has 1 fully saturated rings. The lowest BCUT2D eigenvalue weighted by molar-refractivity contribution is 0.0626. The van der Waals surface area contributed by atoms with Crippen LogP contribution >= 0.6 is 11.6 Å². The Balaban J connectivity index is 1.28. The summed E-state index contributed by atoms with van der Waals surface area (Å²) in [6, 6.07) is 24.1. The predicted molar refractivity (Wildman–Crippen MR) is 134 cm³/mol. The van der Waals surface area contributed by atoms with Gasteiger partial charge in [-0.25, -0.2) is 0 Å². The van der Waals surface area contributed by atoms with Crippen molar-refractivity contribution >= 4 is 34.2 Å². The molecule has 0 atom stereocenters. The topological polar surface area (TPSA) is 53.5 Å². The summed E-state index contributed by atoms with van der Waals surface area (Å²) in [5.41, 5.74) is 3.58. The molecule has 1 aliphatic rings. The number of carbonyl (C=O) groups excluding carboxylic acids is 2. The number of piperazine rings is 1. The van der Waals surface area contributed by atoms with Gasteiger partial charge in [-0.1, -0.05) is 54.1 Å². The molecular weight excluding hydrogens is 446 g/mol. The fraction of sp³-hybridized carbons (Fsp3) is 0.179. The monoisotopic (exact) mass is 469 g/mol. The summed E-state index contributed by atoms with van der Waals surface area (Å²) in [4.78, 5) is 35.2. The third-order valence-electron chi connectivity index (χ3n) is 6.28. The molecule has 0 aliphatic carbocycles. The van der Waals surface area contributed by atoms with Gasteiger partial charge in [-0.05, 0) is 42.0 Å². The minimum Gasteiger partial charge on any atom is -0.336 e. The maximum atomic E-state index is 13.4. The minimum absolute atomic E-state index is 0.107. The Labute approximate surface area is 203 Å². The highest BCUT2D eigenvalue weighted by Crippen LogP contribution is 2.21. The highest BCUT2D eigenvalue weighted by atomic mass is 35.5. The Kier molecular flexibility index (Phi) is 6.39. The fourth-order valence-corrected chi connectivity index (χ4v) is 4.57. The number of para-hydroxylation sites is 1. The van der Waals surface area contributed by atoms with Gasteiger partial charge in [0.15, 0.2) is 5.78 Å². The molecule has 1 aliphatic heterocycles. The second-order valence-electron chi connectivity index (χ2n) is 8.44. The first kappa shape index (κ1) is 22.3. The number of aromatic nitrogens is 1. The molecule has 6 heteroatoms. The van der Waals surface area contributed by atoms with Crippen molar-refractivity contribution in [2.45, 2.75) is 6.54 Å². The molecule has 5 nitrogen and oxygen atoms in total. The summed E-state index contributed by atoms with van der Waals surface area (Å²) < 4.78 is 0. The number of hydrogen-bond donors (Lipinski definition) is 0. The zero-order valence-corrected chi connectivity index (χ0v) is 19.4. The second kappa shape index (κ2) is 9.75. The van der Waals surface area contributed by atoms with Gasteiger partial charge in [0.25, 0.3) is 5.91 Å². The van der Waals surface area contributed by atoms with Crippen molar-refractivity contribution in [2.75, 3.05) is 26.2 Å². The number of hydrogen-bond acceptors (Lipinski definition) is 4. The molecule has 4 aromatic rings. The largest absolute Gasteiger partial charge is 0.336 e. The van der Waals surface area contributed by atoms with Gasteiger partial charge in [0.05, 0.1) is 11.1 Å². The molecule has 3 aromatic carbocycles. The lowest BCUT2D eigenvalue weighted by Gasteiger charge is -2.35. The molecular formula is C28H24ClN3O2. The van der Waals surface area contributed by atoms with Crippen LogP contribution in [0.25, 0.3) is 10.9 Å². The summed E-state index contributed by atoms with van der Waals surface area (Å²) in [5, 5.41) is 1.70. The third-order valence-corrected chi connectivity index (χ3v) is 6.53. The van der Waals surface area contributed by atoms with Crippen LogP contribution in [0.15, 0.2) is 85.1 Å². The van der Waals surface area contributed by atoms with Crippen LogP contribution < -0.4 is 0 Å². The van der Waals surface area contributed by atoms with Crippen molar-refractivity contribution in [2.24, 2.45) is 0 Å². The molecule has 0 saturated carbocycles. The molecule has 0 unspecified atom stereocenters. The van der Waals surface area contributed by atoms with Gasteiger partial charge in [-0.15, -0.1) is 0 Å². The molecule has 0 N–H and O–H groups in total. The maximum absolute atomic E-state index is 13.4. The van der Waals surface area contributed by atoms with E-state index >= 15 is 0 Å². The third kappa shape index (κ3) is 4.58. The highest BCUT2D eigenvalue weighted by Gasteiger charge is 2.26. The van der Waals surface area contributed by atoms with E-state index in [0.717, 1.165) is 30.5 Å². The summed E-state index contributed by atoms with van der Waals surface area (Å²) in [6.07, 6.45) is 1.82. The number of fused-ring (bicyclic) bond motifs is 1. The zero-order valence-electron chi connectivity index (χ0n) is 18.7. The van der Waals surface area contributed by atoms with Crippen molar-refractivity contribution in [1.82, 2.24) is 14.8 Å². The SMILES string of the molecule is O=C(c1ccc(Cl)cc1)c1ccccc1C(=O)N1CCN(Cc2cccc3cccnc23)CC1. The van der Waals surface area contributed by atoms with E-state index in [0.29, 0.717) is 34.8 Å². The molecule has 34 heavy (non-hydrogen) atoms. The van der Waals surface area contributed by atoms with Gasteiger partial charge in [-0.3, -0.25) is 19.5 Å². The lowest BCUT2D eigenvalue weighted by Crippen LogP contribution is -2.48. The van der Waals surface area contributed by atoms with Gasteiger partial charge < -0.3 is 4.90 Å². The molecule has 5 rings (SSSR count). The van der Waals surface area contributed by atoms with Crippen LogP contribution in [-0.4, -0.2) is 52.7 Å². The second-order valence-corrected chi connectivity index (χ2v) is 8.88. The van der Waals surface area contributed by atoms with Gasteiger partial charge >= 0.3 is 0 Å². The molecule has 1 amide bonds. The maximum Gasteiger partial charge on any atom is 0.254 e. The van der Waals surface area contributed by atoms with E-state index in [2.05, 4.69) is 34.1 Å². The molecule has 1 saturated heterocycles. The Morgan fingerprint density at radius 3 is 2.26 bits per heavy atom. The average molecular weight is 470 g/mol. The first-order valence-corrected chi connectivity index (χ1v) is 11.7. The van der Waals surface area contributed by atoms with Crippen LogP contribution in [0.5, 0.6) is 0 Å². The summed E-state index contributed by atoms with van der Waals surface area (Å²) >= 11 is 5.96. The number of ketones is 1. The van der Waals surface area contributed by atoms with Gasteiger partial charge in [0, 0.05) is 60.5 Å². The Morgan fingerprint density at radius 1 is 0.794 bits per heavy atom. The number of nitrogens with zero attached hydrogens (tertiary/aromatic N) is 3. The Morgan fingerprint density at radius 2 is 1.50 bits per heavy atom. The predicted octanol–water partition coefficient (Wildman–Crippen LogP) is 5.08. The van der Waals surface area contributed by atoms with Gasteiger partial charge in [0.2, 0.25) is 0 Å². The summed E-state index contributed by atoms with van der Waals surface area (Å²) in [5.74, 6) is -0.285. The molecule has 1 aromatic heterocycles. The summed E-state index contributed by atoms with van der Waals surface area (Å²) in [6.45, 7) is 3.55. The van der Waals surface area contributed by atoms with Crippen molar-refractivity contribution in [3.05, 3.63) is 112 Å². The Bertz CT molecular complexity index is 1340. The van der Waals surface area contributed by atoms with Crippen LogP contribution in [0.2, 0.25) is 5.02 Å². The van der Waals surface area contributed by atoms with Gasteiger partial charge in [0.1, 0.15) is 0 Å². The fourth-order valence-electron chi connectivity index (χ4n) is 4.44. The van der Waals surface area contributed by atoms with E-state index in [1.54, 1.807) is 48.5 Å². The smallest absolute Gasteiger partial charge is 0.254 e. The molecule has 2 heterocycles. The summed E-state index contributed by atoms with van der Waals surface area (Å²) in [7, 11) is 0. The van der Waals surface area contributed by atoms with Crippen molar-refractivity contribution in [1.29, 1.82) is 0 Å². The standard InChI is InChI=1S/C28H24ClN3O2/c29-23-12-10-21(11-13-23)27(33)24-8-1-2-9-25(24)28(34)32-17-15-31(16-18-32)19-22-6-3-5-20-7-4-14-30-26(20)22/h1-14H,15-19H2. The first-order valence-electron chi connectivity index (χ1n) is 11.3. The zero-order chi connectivity index (χ0) is 23.5. The molecule has 0 radical (unpaired) electrons. The number of rotatable bonds is 5. The normalized spacial score (nSPS) is 14.3. The van der Waals surface area contributed by atoms with E-state index in [4.69, 9.17) is 11.6 Å². The first-order chi connectivity index (χ1) is 16.6. The van der Waals surface area contributed by atoms with Crippen LogP contribution in [0.4, 0.5) is 0 Å². The number of carbonyl (C=O) groups is 2. The van der Waals surface area contributed by atoms with Gasteiger partial charge in [-0.2, -0.15) is 0 Å². The molecule has 170 valence electrons. The highest BCUT2D eigenvalue weighted by molar-refractivity contribution is 6.30. The van der Waals surface area contributed by atoms with Crippen molar-refractivity contribution < 1.29 is 9.59 Å². The van der Waals surface area contributed by atoms with Crippen LogP contribution in [0, 0.1) is 0 Å². The van der Waals surface area contributed by atoms with E-state index in [-0.39, 0.29) is 11.7 Å². The van der Waals surface area contributed by atoms with Crippen molar-refractivity contribution in [3.63, 3.8) is 0 Å². The van der Waals surface area contributed by atoms with E-state index in [9.17, 15) is 9.59 Å². The van der Waals surface area contributed by atoms with Crippen molar-refractivity contribution in [3.8, 4) is 0 Å². The number of halogens is 1. The van der Waals surface area contributed by atoms with Crippen LogP contribution in [0.1, 0.15) is 31.8 Å². The average Bonchev–Trinajstić information content (AvgIpc) is 2.89. The molecule has 0 bridgehead atoms. The van der Waals surface area contributed by atoms with E-state index in [1.807, 2.05) is 17.2 Å². The lowest BCUT2D eigenvalue weighted by atomic mass is 9.97. The van der Waals surface area contributed by atoms with Crippen LogP contribution in [-0.2, 0) is 6.54 Å². The Hall–Kier alpha value is -3.54. The quantitative estimate of drug-likeness (QED) is 0.382. The van der Waals surface area contributed by atoms with Crippen LogP contribution in [0.3, 0.4) is 0 Å². The van der Waals surface area contributed by atoms with E-state index in [1.165, 1.54) is 5.56 Å².